The van der Waals surface area contributed by atoms with Gasteiger partial charge in [-0.15, -0.1) is 0 Å². The summed E-state index contributed by atoms with van der Waals surface area (Å²) in [5.74, 6) is -0.902. The molecule has 0 spiro atoms. The lowest BCUT2D eigenvalue weighted by Crippen LogP contribution is -2.52. The van der Waals surface area contributed by atoms with E-state index in [-0.39, 0.29) is 17.3 Å². The van der Waals surface area contributed by atoms with Crippen LogP contribution < -0.4 is 9.62 Å². The minimum atomic E-state index is -4.15. The highest BCUT2D eigenvalue weighted by Crippen LogP contribution is 2.29. The molecule has 0 aliphatic heterocycles. The summed E-state index contributed by atoms with van der Waals surface area (Å²) in [5, 5.41) is 3.58. The van der Waals surface area contributed by atoms with E-state index >= 15 is 0 Å². The summed E-state index contributed by atoms with van der Waals surface area (Å²) < 4.78 is 29.4. The van der Waals surface area contributed by atoms with Gasteiger partial charge in [-0.1, -0.05) is 89.7 Å². The van der Waals surface area contributed by atoms with Gasteiger partial charge in [0, 0.05) is 33.2 Å². The number of hydrogen-bond donors (Lipinski definition) is 1. The van der Waals surface area contributed by atoms with Crippen LogP contribution in [0.5, 0.6) is 0 Å². The summed E-state index contributed by atoms with van der Waals surface area (Å²) in [6.07, 6.45) is 1.99. The van der Waals surface area contributed by atoms with E-state index in [2.05, 4.69) is 21.2 Å². The molecule has 0 bridgehead atoms. The minimum Gasteiger partial charge on any atom is -0.354 e. The van der Waals surface area contributed by atoms with Crippen LogP contribution in [0.25, 0.3) is 0 Å². The summed E-state index contributed by atoms with van der Waals surface area (Å²) >= 11 is 16.3. The lowest BCUT2D eigenvalue weighted by Gasteiger charge is -2.33. The van der Waals surface area contributed by atoms with Crippen LogP contribution in [0.1, 0.15) is 38.7 Å². The molecule has 214 valence electrons. The Labute approximate surface area is 254 Å². The smallest absolute Gasteiger partial charge is 0.264 e. The van der Waals surface area contributed by atoms with Gasteiger partial charge in [0.15, 0.2) is 0 Å². The second-order valence-corrected chi connectivity index (χ2v) is 12.7. The van der Waals surface area contributed by atoms with Gasteiger partial charge >= 0.3 is 0 Å². The number of carbonyl (C=O) groups excluding carboxylic acids is 2. The van der Waals surface area contributed by atoms with Crippen molar-refractivity contribution in [2.75, 3.05) is 17.4 Å². The van der Waals surface area contributed by atoms with Gasteiger partial charge in [0.25, 0.3) is 10.0 Å². The summed E-state index contributed by atoms with van der Waals surface area (Å²) in [6, 6.07) is 18.7. The topological polar surface area (TPSA) is 86.8 Å². The van der Waals surface area contributed by atoms with E-state index in [1.54, 1.807) is 67.6 Å². The Bertz CT molecular complexity index is 1400. The van der Waals surface area contributed by atoms with Crippen LogP contribution in [0.4, 0.5) is 5.69 Å². The van der Waals surface area contributed by atoms with Crippen molar-refractivity contribution in [3.8, 4) is 0 Å². The number of nitrogens with zero attached hydrogens (tertiary/aromatic N) is 2. The predicted octanol–water partition coefficient (Wildman–Crippen LogP) is 6.67. The maximum Gasteiger partial charge on any atom is 0.264 e. The van der Waals surface area contributed by atoms with Crippen molar-refractivity contribution in [1.29, 1.82) is 0 Å². The number of halogens is 3. The van der Waals surface area contributed by atoms with Crippen molar-refractivity contribution in [3.05, 3.63) is 92.9 Å². The zero-order valence-electron chi connectivity index (χ0n) is 22.3. The van der Waals surface area contributed by atoms with E-state index in [4.69, 9.17) is 23.2 Å². The van der Waals surface area contributed by atoms with Crippen molar-refractivity contribution in [1.82, 2.24) is 10.2 Å². The molecular formula is C29H32BrCl2N3O4S. The molecule has 3 rings (SSSR count). The number of hydrogen-bond acceptors (Lipinski definition) is 4. The van der Waals surface area contributed by atoms with Gasteiger partial charge in [-0.05, 0) is 55.3 Å². The molecule has 1 unspecified atom stereocenters. The molecule has 1 N–H and O–H groups in total. The molecule has 0 aliphatic carbocycles. The Morgan fingerprint density at radius 2 is 1.60 bits per heavy atom. The van der Waals surface area contributed by atoms with Crippen molar-refractivity contribution in [2.24, 2.45) is 0 Å². The molecule has 1 atom stereocenters. The van der Waals surface area contributed by atoms with Gasteiger partial charge in [-0.3, -0.25) is 13.9 Å². The molecule has 3 aromatic rings. The number of nitrogens with one attached hydrogen (secondary N) is 1. The highest BCUT2D eigenvalue weighted by Gasteiger charge is 2.34. The van der Waals surface area contributed by atoms with Gasteiger partial charge < -0.3 is 10.2 Å². The fraction of sp³-hybridized carbons (Fsp3) is 0.310. The highest BCUT2D eigenvalue weighted by molar-refractivity contribution is 9.10. The van der Waals surface area contributed by atoms with Gasteiger partial charge in [0.2, 0.25) is 11.8 Å². The van der Waals surface area contributed by atoms with E-state index in [0.717, 1.165) is 17.1 Å². The van der Waals surface area contributed by atoms with E-state index in [0.29, 0.717) is 38.7 Å². The molecule has 7 nitrogen and oxygen atoms in total. The molecule has 0 saturated carbocycles. The summed E-state index contributed by atoms with van der Waals surface area (Å²) in [4.78, 5) is 28.8. The quantitative estimate of drug-likeness (QED) is 0.206. The summed E-state index contributed by atoms with van der Waals surface area (Å²) in [7, 11) is -4.15. The maximum atomic E-state index is 14.1. The molecular weight excluding hydrogens is 637 g/mol. The average molecular weight is 669 g/mol. The first-order valence-electron chi connectivity index (χ1n) is 12.9. The fourth-order valence-corrected chi connectivity index (χ4v) is 6.49. The van der Waals surface area contributed by atoms with E-state index < -0.39 is 28.5 Å². The second-order valence-electron chi connectivity index (χ2n) is 9.10. The lowest BCUT2D eigenvalue weighted by atomic mass is 10.1. The molecule has 0 aliphatic rings. The lowest BCUT2D eigenvalue weighted by molar-refractivity contribution is -0.140. The number of carbonyl (C=O) groups is 2. The summed E-state index contributed by atoms with van der Waals surface area (Å²) in [5.41, 5.74) is 0.765. The largest absolute Gasteiger partial charge is 0.354 e. The molecule has 0 radical (unpaired) electrons. The third kappa shape index (κ3) is 8.00. The molecule has 0 aromatic heterocycles. The van der Waals surface area contributed by atoms with Gasteiger partial charge in [0.05, 0.1) is 10.6 Å². The highest BCUT2D eigenvalue weighted by atomic mass is 79.9. The molecule has 11 heteroatoms. The maximum absolute atomic E-state index is 14.1. The number of sulfonamides is 1. The Hall–Kier alpha value is -2.59. The molecule has 0 fully saturated rings. The van der Waals surface area contributed by atoms with Crippen LogP contribution in [-0.4, -0.2) is 44.3 Å². The monoisotopic (exact) mass is 667 g/mol. The number of rotatable bonds is 13. The molecule has 2 amide bonds. The van der Waals surface area contributed by atoms with Crippen molar-refractivity contribution in [3.63, 3.8) is 0 Å². The van der Waals surface area contributed by atoms with Gasteiger partial charge in [0.1, 0.15) is 12.6 Å². The number of amides is 2. The zero-order chi connectivity index (χ0) is 29.3. The van der Waals surface area contributed by atoms with Crippen molar-refractivity contribution < 1.29 is 18.0 Å². The molecule has 40 heavy (non-hydrogen) atoms. The van der Waals surface area contributed by atoms with Crippen LogP contribution in [-0.2, 0) is 26.2 Å². The van der Waals surface area contributed by atoms with Crippen LogP contribution in [0.15, 0.2) is 82.2 Å². The SMILES string of the molecule is CCCCNC(=O)C(CC)N(Cc1c(Cl)cccc1Cl)C(=O)CN(c1cccc(Br)c1)S(=O)(=O)c1ccccc1. The van der Waals surface area contributed by atoms with Crippen LogP contribution in [0.3, 0.4) is 0 Å². The third-order valence-electron chi connectivity index (χ3n) is 6.31. The first-order valence-corrected chi connectivity index (χ1v) is 15.9. The van der Waals surface area contributed by atoms with Gasteiger partial charge in [-0.25, -0.2) is 8.42 Å². The molecule has 3 aromatic carbocycles. The van der Waals surface area contributed by atoms with Crippen LogP contribution >= 0.6 is 39.1 Å². The average Bonchev–Trinajstić information content (AvgIpc) is 2.93. The standard InChI is InChI=1S/C29H32BrCl2N3O4S/c1-3-5-17-33-29(37)27(4-2)34(19-24-25(31)15-10-16-26(24)32)28(36)20-35(22-12-9-11-21(30)18-22)40(38,39)23-13-7-6-8-14-23/h6-16,18,27H,3-5,17,19-20H2,1-2H3,(H,33,37). The Morgan fingerprint density at radius 3 is 2.20 bits per heavy atom. The van der Waals surface area contributed by atoms with Gasteiger partial charge in [-0.2, -0.15) is 0 Å². The number of unbranched alkanes of at least 4 members (excludes halogenated alkanes) is 1. The normalized spacial score (nSPS) is 12.0. The Kier molecular flexibility index (Phi) is 11.9. The molecule has 0 saturated heterocycles. The second kappa shape index (κ2) is 14.9. The first kappa shape index (κ1) is 31.9. The van der Waals surface area contributed by atoms with Crippen molar-refractivity contribution in [2.45, 2.75) is 50.6 Å². The number of anilines is 1. The van der Waals surface area contributed by atoms with Crippen LogP contribution in [0, 0.1) is 0 Å². The Morgan fingerprint density at radius 1 is 0.950 bits per heavy atom. The predicted molar refractivity (Wildman–Crippen MR) is 164 cm³/mol. The molecule has 0 heterocycles. The van der Waals surface area contributed by atoms with E-state index in [1.165, 1.54) is 17.0 Å². The first-order chi connectivity index (χ1) is 19.1. The minimum absolute atomic E-state index is 0.0350. The summed E-state index contributed by atoms with van der Waals surface area (Å²) in [6.45, 7) is 3.66. The van der Waals surface area contributed by atoms with Crippen molar-refractivity contribution >= 4 is 66.7 Å². The van der Waals surface area contributed by atoms with E-state index in [9.17, 15) is 18.0 Å². The fourth-order valence-electron chi connectivity index (χ4n) is 4.16. The third-order valence-corrected chi connectivity index (χ3v) is 9.30. The Balaban J connectivity index is 2.07. The van der Waals surface area contributed by atoms with Crippen LogP contribution in [0.2, 0.25) is 10.0 Å². The van der Waals surface area contributed by atoms with E-state index in [1.807, 2.05) is 6.92 Å². The number of benzene rings is 3. The zero-order valence-corrected chi connectivity index (χ0v) is 26.2.